The molecule has 3 aromatic carbocycles. The Bertz CT molecular complexity index is 5590. The highest BCUT2D eigenvalue weighted by Gasteiger charge is 2.56. The standard InChI is InChI=1S/C31H38N6O5.C29H30N6O7.C26H26N6O8/c1-2-32-31(40)36-28-25-29(34-17-33-28)37(18-35-25)23-16-21(14-13-20-10-6-7-11-22(20)30(38)39)26-27(23)42-24(41-26)15-12-19-8-4-3-5-9-19;1-2-30-29(38)34-26-23-27(32-15-31-26)35(16-33-23)20-12-18(13-39-14-21-19(28(36)37)10-11-40-21)24-25(20)42-22(41-24)9-8-17-6-4-3-5-7-17;1-2-27-26(35)31-21-18-22(29-12-28-21)32(13-30-18)23-20-19(39-25(40-20)14-6-4-3-5-7-14)17(38-23)11-36-10-16-15(24(33)34)8-9-37-16/h3-5,8-9,12,15,17-18,20-24,26-27H,2,6-7,10-11,13-14,16H2,1H3,(H,38,39)(H2,32,33,34,36,40);3-11,15-16,18,20,22,24-25H,2,12-14H2,1H3,(H,36,37)(H2,30,31,32,34,38);3-9,12-13,17,19-20,23,25H,2,10-11H2,1H3,(H,33,34)(H2,27,28,29,31,35)/b15-12+;9-8+;/t20?,21?,22?,23?,24-,26?,27?;18?,20?,22-,24?,25?;17?,19?,20?,23?,25-/m000/s1. The molecule has 12 heterocycles. The van der Waals surface area contributed by atoms with Crippen LogP contribution in [0, 0.1) is 23.7 Å². The zero-order valence-electron chi connectivity index (χ0n) is 67.8. The van der Waals surface area contributed by atoms with E-state index >= 15 is 0 Å². The van der Waals surface area contributed by atoms with Crippen molar-refractivity contribution in [2.45, 2.75) is 165 Å². The first-order chi connectivity index (χ1) is 60.6. The molecule has 3 aliphatic carbocycles. The Labute approximate surface area is 708 Å². The number of carboxylic acid groups (broad SMARTS) is 3. The molecule has 648 valence electrons. The predicted octanol–water partition coefficient (Wildman–Crippen LogP) is 11.7. The van der Waals surface area contributed by atoms with E-state index in [1.807, 2.05) is 145 Å². The fourth-order valence-electron chi connectivity index (χ4n) is 17.3. The monoisotopic (exact) mass is 1700 g/mol. The molecule has 4 saturated heterocycles. The summed E-state index contributed by atoms with van der Waals surface area (Å²) in [4.78, 5) is 111. The van der Waals surface area contributed by atoms with E-state index in [1.165, 1.54) is 43.6 Å². The average molecular weight is 1700 g/mol. The van der Waals surface area contributed by atoms with E-state index < -0.39 is 67.3 Å². The number of aromatic carboxylic acids is 2. The van der Waals surface area contributed by atoms with Gasteiger partial charge in [0.15, 0.2) is 76.0 Å². The smallest absolute Gasteiger partial charge is 0.339 e. The Balaban J connectivity index is 0.000000138. The lowest BCUT2D eigenvalue weighted by atomic mass is 9.75. The van der Waals surface area contributed by atoms with Gasteiger partial charge in [0.25, 0.3) is 0 Å². The number of fused-ring (bicyclic) bond motifs is 6. The molecule has 7 fully saturated rings. The van der Waals surface area contributed by atoms with Gasteiger partial charge in [0.1, 0.15) is 85.4 Å². The van der Waals surface area contributed by atoms with Crippen LogP contribution in [0.15, 0.2) is 175 Å². The second-order valence-corrected chi connectivity index (χ2v) is 30.6. The van der Waals surface area contributed by atoms with Crippen LogP contribution in [0.5, 0.6) is 0 Å². The molecule has 38 nitrogen and oxygen atoms in total. The predicted molar refractivity (Wildman–Crippen MR) is 442 cm³/mol. The summed E-state index contributed by atoms with van der Waals surface area (Å²) in [6.45, 7) is 7.22. The molecule has 38 heteroatoms. The molecule has 11 aromatic rings. The maximum atomic E-state index is 12.2. The normalized spacial score (nSPS) is 25.5. The number of amides is 6. The number of carbonyl (C=O) groups is 6. The summed E-state index contributed by atoms with van der Waals surface area (Å²) < 4.78 is 72.9. The Morgan fingerprint density at radius 1 is 0.460 bits per heavy atom. The van der Waals surface area contributed by atoms with Crippen LogP contribution in [0.4, 0.5) is 31.8 Å². The molecule has 8 aromatic heterocycles. The summed E-state index contributed by atoms with van der Waals surface area (Å²) in [7, 11) is 0. The van der Waals surface area contributed by atoms with Crippen LogP contribution in [-0.2, 0) is 60.6 Å². The van der Waals surface area contributed by atoms with E-state index in [0.717, 1.165) is 61.6 Å². The van der Waals surface area contributed by atoms with Crippen LogP contribution >= 0.6 is 0 Å². The van der Waals surface area contributed by atoms with Crippen molar-refractivity contribution in [3.63, 3.8) is 0 Å². The molecule has 14 unspecified atom stereocenters. The van der Waals surface area contributed by atoms with Crippen molar-refractivity contribution in [1.29, 1.82) is 0 Å². The zero-order chi connectivity index (χ0) is 85.7. The average Bonchev–Trinajstić information content (AvgIpc) is 1.60. The number of aliphatic carboxylic acids is 1. The van der Waals surface area contributed by atoms with Crippen molar-refractivity contribution >= 4 is 99.1 Å². The maximum absolute atomic E-state index is 12.2. The minimum absolute atomic E-state index is 0.0153. The van der Waals surface area contributed by atoms with E-state index in [2.05, 4.69) is 76.8 Å². The zero-order valence-corrected chi connectivity index (χ0v) is 67.8. The summed E-state index contributed by atoms with van der Waals surface area (Å²) in [6.07, 6.45) is 21.5. The molecular formula is C86H94N18O20. The van der Waals surface area contributed by atoms with Crippen molar-refractivity contribution < 1.29 is 95.6 Å². The van der Waals surface area contributed by atoms with Crippen LogP contribution in [-0.4, -0.2) is 198 Å². The highest BCUT2D eigenvalue weighted by atomic mass is 16.8. The number of aromatic nitrogens is 12. The third kappa shape index (κ3) is 19.0. The van der Waals surface area contributed by atoms with Gasteiger partial charge in [0.2, 0.25) is 0 Å². The number of carbonyl (C=O) groups excluding carboxylic acids is 3. The summed E-state index contributed by atoms with van der Waals surface area (Å²) in [6, 6.07) is 30.8. The van der Waals surface area contributed by atoms with E-state index in [4.69, 9.17) is 51.5 Å². The summed E-state index contributed by atoms with van der Waals surface area (Å²) in [5.41, 5.74) is 6.00. The van der Waals surface area contributed by atoms with Crippen LogP contribution in [0.3, 0.4) is 0 Å². The Hall–Kier alpha value is -12.8. The molecule has 7 aliphatic rings. The number of imidazole rings is 3. The SMILES string of the molecule is CCNC(=O)Nc1ncnc2c1ncn2C1CC(CCC2CCCCC2C(=O)O)C2O[C@H](/C=C/c3ccccc3)OC21.CCNC(=O)Nc1ncnc2c1ncn2C1CC(COCc2occc2C(=O)O)C2O[C@H](/C=C/c3ccccc3)OC21.CCNC(=O)Nc1ncnc2c1ncn2C1OC(COCc2occc2C(=O)O)C2O[C@H](c3ccccc3)OC21. The van der Waals surface area contributed by atoms with Gasteiger partial charge in [-0.05, 0) is 107 Å². The molecule has 4 aliphatic heterocycles. The van der Waals surface area contributed by atoms with Crippen molar-refractivity contribution in [2.75, 3.05) is 48.8 Å². The van der Waals surface area contributed by atoms with Gasteiger partial charge in [-0.1, -0.05) is 116 Å². The van der Waals surface area contributed by atoms with Crippen molar-refractivity contribution in [2.24, 2.45) is 23.7 Å². The maximum Gasteiger partial charge on any atom is 0.339 e. The lowest BCUT2D eigenvalue weighted by molar-refractivity contribution is -0.158. The fourth-order valence-corrected chi connectivity index (χ4v) is 17.3. The number of nitrogens with one attached hydrogen (secondary N) is 6. The van der Waals surface area contributed by atoms with Crippen LogP contribution in [0.25, 0.3) is 45.6 Å². The topological polar surface area (TPSA) is 475 Å². The summed E-state index contributed by atoms with van der Waals surface area (Å²) in [5.74, 6) is -1.44. The number of furan rings is 2. The quantitative estimate of drug-likeness (QED) is 0.0220. The van der Waals surface area contributed by atoms with Crippen LogP contribution in [0.2, 0.25) is 0 Å². The Kier molecular flexibility index (Phi) is 26.8. The largest absolute Gasteiger partial charge is 0.481 e. The van der Waals surface area contributed by atoms with Crippen molar-refractivity contribution in [3.05, 3.63) is 205 Å². The Morgan fingerprint density at radius 2 is 0.895 bits per heavy atom. The number of hydrogen-bond donors (Lipinski definition) is 9. The van der Waals surface area contributed by atoms with E-state index in [-0.39, 0.29) is 121 Å². The molecule has 0 radical (unpaired) electrons. The van der Waals surface area contributed by atoms with Gasteiger partial charge in [-0.15, -0.1) is 0 Å². The highest BCUT2D eigenvalue weighted by Crippen LogP contribution is 2.50. The first-order valence-corrected chi connectivity index (χ1v) is 41.3. The van der Waals surface area contributed by atoms with Gasteiger partial charge in [-0.25, -0.2) is 68.8 Å². The highest BCUT2D eigenvalue weighted by molar-refractivity contribution is 5.98. The molecule has 0 bridgehead atoms. The van der Waals surface area contributed by atoms with Gasteiger partial charge in [-0.2, -0.15) is 0 Å². The molecule has 6 amide bonds. The number of benzene rings is 3. The minimum atomic E-state index is -1.10. The lowest BCUT2D eigenvalue weighted by Crippen LogP contribution is -2.31. The molecular weight excluding hydrogens is 1610 g/mol. The van der Waals surface area contributed by atoms with Gasteiger partial charge < -0.3 is 91.9 Å². The van der Waals surface area contributed by atoms with Crippen LogP contribution < -0.4 is 31.9 Å². The summed E-state index contributed by atoms with van der Waals surface area (Å²) >= 11 is 0. The fraction of sp³-hybridized carbons (Fsp3) is 0.407. The van der Waals surface area contributed by atoms with Crippen molar-refractivity contribution in [1.82, 2.24) is 74.5 Å². The van der Waals surface area contributed by atoms with E-state index in [9.17, 15) is 44.1 Å². The Morgan fingerprint density at radius 3 is 1.39 bits per heavy atom. The third-order valence-electron chi connectivity index (χ3n) is 22.9. The molecule has 124 heavy (non-hydrogen) atoms. The number of hydrogen-bond acceptors (Lipinski definition) is 26. The third-order valence-corrected chi connectivity index (χ3v) is 22.9. The van der Waals surface area contributed by atoms with Crippen molar-refractivity contribution in [3.8, 4) is 0 Å². The molecule has 3 saturated carbocycles. The lowest BCUT2D eigenvalue weighted by Gasteiger charge is -2.30. The minimum Gasteiger partial charge on any atom is -0.481 e. The molecule has 18 rings (SSSR count). The molecule has 0 spiro atoms. The second kappa shape index (κ2) is 39.2. The van der Waals surface area contributed by atoms with Gasteiger partial charge in [-0.3, -0.25) is 25.3 Å². The number of rotatable bonds is 28. The first-order valence-electron chi connectivity index (χ1n) is 41.3. The number of urea groups is 3. The van der Waals surface area contributed by atoms with E-state index in [0.29, 0.717) is 77.8 Å². The second-order valence-electron chi connectivity index (χ2n) is 30.6. The van der Waals surface area contributed by atoms with Gasteiger partial charge >= 0.3 is 36.0 Å². The van der Waals surface area contributed by atoms with Gasteiger partial charge in [0, 0.05) is 31.1 Å². The number of nitrogens with zero attached hydrogens (tertiary/aromatic N) is 12. The summed E-state index contributed by atoms with van der Waals surface area (Å²) in [5, 5.41) is 44.7. The number of ether oxygens (including phenoxy) is 9. The number of anilines is 3. The number of carboxylic acids is 3. The molecule has 17 atom stereocenters. The van der Waals surface area contributed by atoms with E-state index in [1.54, 1.807) is 23.5 Å². The van der Waals surface area contributed by atoms with Gasteiger partial charge in [0.05, 0.1) is 74.9 Å². The molecule has 9 N–H and O–H groups in total. The van der Waals surface area contributed by atoms with Crippen LogP contribution in [0.1, 0.15) is 146 Å². The first kappa shape index (κ1) is 84.8.